The molecule has 1 heterocycles. The summed E-state index contributed by atoms with van der Waals surface area (Å²) in [5.41, 5.74) is 0.388. The minimum absolute atomic E-state index is 0.190. The summed E-state index contributed by atoms with van der Waals surface area (Å²) < 4.78 is 15.8. The van der Waals surface area contributed by atoms with E-state index in [0.717, 1.165) is 0 Å². The Morgan fingerprint density at radius 1 is 1.47 bits per heavy atom. The number of benzene rings is 1. The highest BCUT2D eigenvalue weighted by molar-refractivity contribution is 9.10. The molecule has 0 bridgehead atoms. The van der Waals surface area contributed by atoms with Gasteiger partial charge in [0.2, 0.25) is 0 Å². The Balaban J connectivity index is 2.54. The van der Waals surface area contributed by atoms with Crippen LogP contribution in [0.4, 0.5) is 4.39 Å². The van der Waals surface area contributed by atoms with Gasteiger partial charge in [-0.1, -0.05) is 15.9 Å². The Hall–Kier alpha value is -0.940. The smallest absolute Gasteiger partial charge is 0.152 e. The molecular weight excluding hydrogens is 284 g/mol. The van der Waals surface area contributed by atoms with Gasteiger partial charge in [0.1, 0.15) is 12.1 Å². The van der Waals surface area contributed by atoms with Crippen molar-refractivity contribution in [3.63, 3.8) is 0 Å². The van der Waals surface area contributed by atoms with Gasteiger partial charge in [-0.05, 0) is 18.2 Å². The number of hydrogen-bond acceptors (Lipinski definition) is 2. The third-order valence-electron chi connectivity index (χ3n) is 1.91. The lowest BCUT2D eigenvalue weighted by molar-refractivity contribution is 0.615. The van der Waals surface area contributed by atoms with Crippen molar-refractivity contribution in [1.29, 1.82) is 0 Å². The highest BCUT2D eigenvalue weighted by Gasteiger charge is 2.09. The molecule has 6 heteroatoms. The first-order valence-electron chi connectivity index (χ1n) is 4.12. The molecule has 0 aliphatic heterocycles. The van der Waals surface area contributed by atoms with Crippen LogP contribution in [-0.2, 0) is 5.88 Å². The first-order valence-corrected chi connectivity index (χ1v) is 5.45. The van der Waals surface area contributed by atoms with E-state index in [9.17, 15) is 4.39 Å². The number of aromatic nitrogens is 3. The summed E-state index contributed by atoms with van der Waals surface area (Å²) in [4.78, 5) is 0. The summed E-state index contributed by atoms with van der Waals surface area (Å²) in [5, 5.41) is 7.46. The Morgan fingerprint density at radius 3 is 2.93 bits per heavy atom. The number of halogens is 3. The zero-order chi connectivity index (χ0) is 10.8. The molecular formula is C9H6BrClFN3. The van der Waals surface area contributed by atoms with E-state index in [1.807, 2.05) is 0 Å². The quantitative estimate of drug-likeness (QED) is 0.796. The lowest BCUT2D eigenvalue weighted by atomic mass is 10.3. The van der Waals surface area contributed by atoms with E-state index in [0.29, 0.717) is 16.0 Å². The highest BCUT2D eigenvalue weighted by Crippen LogP contribution is 2.19. The maximum Gasteiger partial charge on any atom is 0.152 e. The predicted octanol–water partition coefficient (Wildman–Crippen LogP) is 2.91. The van der Waals surface area contributed by atoms with E-state index in [-0.39, 0.29) is 11.7 Å². The molecule has 0 unspecified atom stereocenters. The predicted molar refractivity (Wildman–Crippen MR) is 58.6 cm³/mol. The minimum atomic E-state index is -0.351. The van der Waals surface area contributed by atoms with Crippen LogP contribution in [0.15, 0.2) is 29.0 Å². The van der Waals surface area contributed by atoms with Gasteiger partial charge in [-0.2, -0.15) is 0 Å². The molecule has 0 amide bonds. The van der Waals surface area contributed by atoms with Gasteiger partial charge in [0, 0.05) is 4.47 Å². The maximum atomic E-state index is 13.6. The summed E-state index contributed by atoms with van der Waals surface area (Å²) in [7, 11) is 0. The first kappa shape index (κ1) is 10.6. The molecule has 0 saturated carbocycles. The molecule has 1 aromatic heterocycles. The van der Waals surface area contributed by atoms with Crippen molar-refractivity contribution in [1.82, 2.24) is 14.8 Å². The van der Waals surface area contributed by atoms with Crippen molar-refractivity contribution >= 4 is 27.5 Å². The summed E-state index contributed by atoms with van der Waals surface area (Å²) >= 11 is 8.84. The van der Waals surface area contributed by atoms with Gasteiger partial charge >= 0.3 is 0 Å². The third-order valence-corrected chi connectivity index (χ3v) is 2.64. The summed E-state index contributed by atoms with van der Waals surface area (Å²) in [6.45, 7) is 0. The molecule has 0 aliphatic rings. The molecule has 0 saturated heterocycles. The summed E-state index contributed by atoms with van der Waals surface area (Å²) in [6.07, 6.45) is 1.43. The second-order valence-corrected chi connectivity index (χ2v) is 4.03. The van der Waals surface area contributed by atoms with Gasteiger partial charge < -0.3 is 0 Å². The van der Waals surface area contributed by atoms with E-state index < -0.39 is 0 Å². The fourth-order valence-corrected chi connectivity index (χ4v) is 1.74. The van der Waals surface area contributed by atoms with Crippen molar-refractivity contribution < 1.29 is 4.39 Å². The normalized spacial score (nSPS) is 10.6. The van der Waals surface area contributed by atoms with Gasteiger partial charge in [-0.25, -0.2) is 4.39 Å². The molecule has 78 valence electrons. The molecule has 3 nitrogen and oxygen atoms in total. The van der Waals surface area contributed by atoms with Crippen molar-refractivity contribution in [2.45, 2.75) is 5.88 Å². The number of alkyl halides is 1. The van der Waals surface area contributed by atoms with Crippen LogP contribution in [0.25, 0.3) is 5.69 Å². The monoisotopic (exact) mass is 289 g/mol. The molecule has 15 heavy (non-hydrogen) atoms. The largest absolute Gasteiger partial charge is 0.282 e. The average molecular weight is 291 g/mol. The lowest BCUT2D eigenvalue weighted by Crippen LogP contribution is -2.00. The second-order valence-electron chi connectivity index (χ2n) is 2.85. The van der Waals surface area contributed by atoms with Gasteiger partial charge in [-0.3, -0.25) is 4.57 Å². The number of nitrogens with zero attached hydrogens (tertiary/aromatic N) is 3. The molecule has 0 N–H and O–H groups in total. The molecule has 0 atom stereocenters. The zero-order valence-electron chi connectivity index (χ0n) is 7.49. The topological polar surface area (TPSA) is 30.7 Å². The van der Waals surface area contributed by atoms with Gasteiger partial charge in [0.05, 0.1) is 11.6 Å². The number of hydrogen-bond donors (Lipinski definition) is 0. The van der Waals surface area contributed by atoms with Crippen LogP contribution in [0.5, 0.6) is 0 Å². The van der Waals surface area contributed by atoms with Crippen LogP contribution in [0.3, 0.4) is 0 Å². The minimum Gasteiger partial charge on any atom is -0.282 e. The Bertz CT molecular complexity index is 486. The Kier molecular flexibility index (Phi) is 3.02. The van der Waals surface area contributed by atoms with Crippen molar-refractivity contribution in [3.8, 4) is 5.69 Å². The van der Waals surface area contributed by atoms with Crippen LogP contribution in [0.2, 0.25) is 0 Å². The highest BCUT2D eigenvalue weighted by atomic mass is 79.9. The van der Waals surface area contributed by atoms with Crippen LogP contribution < -0.4 is 0 Å². The Labute approximate surface area is 99.0 Å². The van der Waals surface area contributed by atoms with E-state index in [1.165, 1.54) is 17.0 Å². The third kappa shape index (κ3) is 2.03. The SMILES string of the molecule is Fc1cc(Br)ccc1-n1cnnc1CCl. The maximum absolute atomic E-state index is 13.6. The van der Waals surface area contributed by atoms with Crippen LogP contribution in [0, 0.1) is 5.82 Å². The van der Waals surface area contributed by atoms with Crippen LogP contribution in [0.1, 0.15) is 5.82 Å². The second kappa shape index (κ2) is 4.28. The fraction of sp³-hybridized carbons (Fsp3) is 0.111. The lowest BCUT2D eigenvalue weighted by Gasteiger charge is -2.05. The summed E-state index contributed by atoms with van der Waals surface area (Å²) in [5.74, 6) is 0.351. The van der Waals surface area contributed by atoms with Gasteiger partial charge in [-0.15, -0.1) is 21.8 Å². The zero-order valence-corrected chi connectivity index (χ0v) is 9.83. The molecule has 0 spiro atoms. The number of rotatable bonds is 2. The standard InChI is InChI=1S/C9H6BrClFN3/c10-6-1-2-8(7(12)3-6)15-5-13-14-9(15)4-11/h1-3,5H,4H2. The van der Waals surface area contributed by atoms with Crippen molar-refractivity contribution in [3.05, 3.63) is 40.6 Å². The van der Waals surface area contributed by atoms with Crippen LogP contribution >= 0.6 is 27.5 Å². The molecule has 2 aromatic rings. The van der Waals surface area contributed by atoms with Gasteiger partial charge in [0.25, 0.3) is 0 Å². The van der Waals surface area contributed by atoms with E-state index in [1.54, 1.807) is 12.1 Å². The van der Waals surface area contributed by atoms with E-state index >= 15 is 0 Å². The van der Waals surface area contributed by atoms with Crippen LogP contribution in [-0.4, -0.2) is 14.8 Å². The average Bonchev–Trinajstić information content (AvgIpc) is 2.65. The van der Waals surface area contributed by atoms with E-state index in [4.69, 9.17) is 11.6 Å². The van der Waals surface area contributed by atoms with E-state index in [2.05, 4.69) is 26.1 Å². The molecule has 0 fully saturated rings. The molecule has 1 aromatic carbocycles. The fourth-order valence-electron chi connectivity index (χ4n) is 1.23. The Morgan fingerprint density at radius 2 is 2.27 bits per heavy atom. The first-order chi connectivity index (χ1) is 7.22. The van der Waals surface area contributed by atoms with Crippen molar-refractivity contribution in [2.24, 2.45) is 0 Å². The molecule has 0 radical (unpaired) electrons. The molecule has 2 rings (SSSR count). The molecule has 0 aliphatic carbocycles. The van der Waals surface area contributed by atoms with Crippen molar-refractivity contribution in [2.75, 3.05) is 0 Å². The van der Waals surface area contributed by atoms with Gasteiger partial charge in [0.15, 0.2) is 5.82 Å². The summed E-state index contributed by atoms with van der Waals surface area (Å²) in [6, 6.07) is 4.77.